The van der Waals surface area contributed by atoms with E-state index in [1.54, 1.807) is 36.4 Å². The Labute approximate surface area is 168 Å². The zero-order chi connectivity index (χ0) is 18.1. The van der Waals surface area contributed by atoms with Crippen LogP contribution in [0.1, 0.15) is 20.7 Å². The van der Waals surface area contributed by atoms with Gasteiger partial charge in [-0.3, -0.25) is 9.59 Å². The molecule has 0 aliphatic rings. The number of rotatable bonds is 2. The smallest absolute Gasteiger partial charge is 0.852 e. The van der Waals surface area contributed by atoms with E-state index in [2.05, 4.69) is 30.2 Å². The summed E-state index contributed by atoms with van der Waals surface area (Å²) in [7, 11) is 0. The van der Waals surface area contributed by atoms with Crippen LogP contribution in [-0.2, 0) is 19.5 Å². The maximum absolute atomic E-state index is 12.2. The average Bonchev–Trinajstić information content (AvgIpc) is 2.55. The summed E-state index contributed by atoms with van der Waals surface area (Å²) in [4.78, 5) is 24.9. The summed E-state index contributed by atoms with van der Waals surface area (Å²) in [5, 5.41) is 18.7. The molecule has 0 saturated carbocycles. The molecule has 0 heterocycles. The summed E-state index contributed by atoms with van der Waals surface area (Å²) in [6.45, 7) is 0. The van der Waals surface area contributed by atoms with E-state index in [1.807, 2.05) is 0 Å². The predicted molar refractivity (Wildman–Crippen MR) is 92.8 cm³/mol. The van der Waals surface area contributed by atoms with Crippen molar-refractivity contribution in [1.29, 1.82) is 0 Å². The zero-order valence-corrected chi connectivity index (χ0v) is 17.6. The summed E-state index contributed by atoms with van der Waals surface area (Å²) in [5.74, 6) is -1.45. The number of hydrogen-bond donors (Lipinski definition) is 1. The van der Waals surface area contributed by atoms with Gasteiger partial charge in [-0.05, 0) is 24.3 Å². The summed E-state index contributed by atoms with van der Waals surface area (Å²) in [6, 6.07) is 16.1. The minimum absolute atomic E-state index is 0. The van der Waals surface area contributed by atoms with Gasteiger partial charge in [0.1, 0.15) is 0 Å². The Balaban J connectivity index is 0.00000104. The molecule has 124 valence electrons. The van der Waals surface area contributed by atoms with E-state index in [4.69, 9.17) is 5.11 Å². The second-order valence-corrected chi connectivity index (χ2v) is 5.01. The Morgan fingerprint density at radius 3 is 1.32 bits per heavy atom. The van der Waals surface area contributed by atoms with Gasteiger partial charge >= 0.3 is 19.5 Å². The van der Waals surface area contributed by atoms with Gasteiger partial charge in [-0.25, -0.2) is 4.90 Å². The van der Waals surface area contributed by atoms with E-state index >= 15 is 0 Å². The van der Waals surface area contributed by atoms with Gasteiger partial charge < -0.3 is 15.9 Å². The second kappa shape index (κ2) is 11.4. The molecule has 0 bridgehead atoms. The van der Waals surface area contributed by atoms with Crippen LogP contribution in [0.5, 0.6) is 0 Å². The maximum Gasteiger partial charge on any atom is 2.00 e. The molecule has 0 fully saturated rings. The van der Waals surface area contributed by atoms with Crippen LogP contribution in [0.3, 0.4) is 0 Å². The second-order valence-electron chi connectivity index (χ2n) is 4.26. The van der Waals surface area contributed by atoms with Gasteiger partial charge in [0.25, 0.3) is 11.8 Å². The summed E-state index contributed by atoms with van der Waals surface area (Å²) >= 11 is 8.26. The van der Waals surface area contributed by atoms with Crippen molar-refractivity contribution in [2.75, 3.05) is 0 Å². The fourth-order valence-electron chi connectivity index (χ4n) is 1.68. The zero-order valence-electron chi connectivity index (χ0n) is 13.0. The SMILES string of the molecule is NC([O-])=S.O=C(c1ccccc1)N(C(=O)c1ccccc1)C([O-])=S.[Zn+2]. The summed E-state index contributed by atoms with van der Waals surface area (Å²) in [5.41, 5.74) is 4.75. The average molecular weight is 426 g/mol. The van der Waals surface area contributed by atoms with Gasteiger partial charge in [-0.2, -0.15) is 0 Å². The normalized spacial score (nSPS) is 8.80. The summed E-state index contributed by atoms with van der Waals surface area (Å²) < 4.78 is 0. The van der Waals surface area contributed by atoms with Crippen LogP contribution < -0.4 is 15.9 Å². The molecule has 0 radical (unpaired) electrons. The minimum Gasteiger partial charge on any atom is -0.852 e. The first-order valence-electron chi connectivity index (χ1n) is 6.51. The van der Waals surface area contributed by atoms with Crippen LogP contribution in [-0.4, -0.2) is 27.1 Å². The van der Waals surface area contributed by atoms with Crippen molar-refractivity contribution in [3.8, 4) is 0 Å². The van der Waals surface area contributed by atoms with Crippen LogP contribution in [0.2, 0.25) is 0 Å². The third kappa shape index (κ3) is 7.47. The molecule has 2 aromatic rings. The van der Waals surface area contributed by atoms with Crippen molar-refractivity contribution < 1.29 is 39.3 Å². The van der Waals surface area contributed by atoms with Gasteiger partial charge in [-0.15, -0.1) is 0 Å². The molecule has 2 N–H and O–H groups in total. The standard InChI is InChI=1S/C15H11NO3S.CH3NOS.Zn/c17-13(11-7-3-1-4-8-11)16(15(19)20)14(18)12-9-5-2-6-10-12;2-1(3)4;/h1-10H,(H,19,20);(H3,2,3,4);/q;;+2/p-2. The number of thiocarbonyl (C=S) groups is 2. The van der Waals surface area contributed by atoms with Gasteiger partial charge in [0.15, 0.2) is 0 Å². The molecule has 0 aliphatic heterocycles. The van der Waals surface area contributed by atoms with Crippen LogP contribution in [0, 0.1) is 0 Å². The number of imide groups is 1. The number of carbonyl (C=O) groups is 2. The molecular formula is C16H12N2O4S2Zn. The Hall–Kier alpha value is -2.22. The third-order valence-electron chi connectivity index (χ3n) is 2.63. The number of amides is 2. The fourth-order valence-corrected chi connectivity index (χ4v) is 1.84. The number of nitrogens with zero attached hydrogens (tertiary/aromatic N) is 1. The van der Waals surface area contributed by atoms with E-state index in [-0.39, 0.29) is 30.6 Å². The molecule has 0 spiro atoms. The molecule has 0 aromatic heterocycles. The molecule has 6 nitrogen and oxygen atoms in total. The first-order chi connectivity index (χ1) is 11.3. The first kappa shape index (κ1) is 22.8. The molecule has 2 rings (SSSR count). The third-order valence-corrected chi connectivity index (χ3v) is 2.81. The van der Waals surface area contributed by atoms with Crippen molar-refractivity contribution >= 4 is 46.6 Å². The van der Waals surface area contributed by atoms with Crippen molar-refractivity contribution in [1.82, 2.24) is 4.90 Å². The molecule has 0 atom stereocenters. The van der Waals surface area contributed by atoms with Gasteiger partial charge in [0.2, 0.25) is 0 Å². The van der Waals surface area contributed by atoms with Crippen LogP contribution >= 0.6 is 24.4 Å². The van der Waals surface area contributed by atoms with Crippen LogP contribution in [0.25, 0.3) is 0 Å². The van der Waals surface area contributed by atoms with Gasteiger partial charge in [0, 0.05) is 21.5 Å². The van der Waals surface area contributed by atoms with Crippen molar-refractivity contribution in [2.45, 2.75) is 0 Å². The van der Waals surface area contributed by atoms with E-state index < -0.39 is 22.2 Å². The maximum atomic E-state index is 12.2. The number of hydrogen-bond acceptors (Lipinski definition) is 6. The Morgan fingerprint density at radius 2 is 1.08 bits per heavy atom. The molecular weight excluding hydrogens is 414 g/mol. The summed E-state index contributed by atoms with van der Waals surface area (Å²) in [6.07, 6.45) is 0. The van der Waals surface area contributed by atoms with Crippen LogP contribution in [0.15, 0.2) is 60.7 Å². The minimum atomic E-state index is -1.02. The van der Waals surface area contributed by atoms with Crippen molar-refractivity contribution in [3.63, 3.8) is 0 Å². The van der Waals surface area contributed by atoms with E-state index in [9.17, 15) is 14.7 Å². The first-order valence-corrected chi connectivity index (χ1v) is 7.32. The molecule has 0 saturated heterocycles. The monoisotopic (exact) mass is 424 g/mol. The van der Waals surface area contributed by atoms with E-state index in [0.717, 1.165) is 0 Å². The molecule has 2 aromatic carbocycles. The Kier molecular flexibility index (Phi) is 10.4. The topological polar surface area (TPSA) is 110 Å². The molecule has 2 amide bonds. The van der Waals surface area contributed by atoms with Crippen LogP contribution in [0.4, 0.5) is 0 Å². The molecule has 25 heavy (non-hydrogen) atoms. The van der Waals surface area contributed by atoms with Crippen molar-refractivity contribution in [2.24, 2.45) is 5.73 Å². The van der Waals surface area contributed by atoms with Gasteiger partial charge in [0.05, 0.1) is 0 Å². The largest absolute Gasteiger partial charge is 2.00 e. The van der Waals surface area contributed by atoms with Crippen molar-refractivity contribution in [3.05, 3.63) is 71.8 Å². The quantitative estimate of drug-likeness (QED) is 0.416. The fraction of sp³-hybridized carbons (Fsp3) is 0. The molecule has 0 unspecified atom stereocenters. The number of benzene rings is 2. The number of carbonyl (C=O) groups excluding carboxylic acids is 2. The molecule has 9 heteroatoms. The Bertz CT molecular complexity index is 687. The van der Waals surface area contributed by atoms with E-state index in [0.29, 0.717) is 4.90 Å². The van der Waals surface area contributed by atoms with Gasteiger partial charge in [-0.1, -0.05) is 60.8 Å². The molecule has 0 aliphatic carbocycles. The van der Waals surface area contributed by atoms with E-state index in [1.165, 1.54) is 24.3 Å². The predicted octanol–water partition coefficient (Wildman–Crippen LogP) is 0.202. The Morgan fingerprint density at radius 1 is 0.800 bits per heavy atom. The number of nitrogens with two attached hydrogens (primary N) is 1.